The highest BCUT2D eigenvalue weighted by atomic mass is 16.7. The molecular weight excluding hydrogens is 744 g/mol. The molecule has 4 heterocycles. The minimum Gasteiger partial charge on any atom is -0.508 e. The van der Waals surface area contributed by atoms with Gasteiger partial charge in [-0.3, -0.25) is 4.79 Å². The fourth-order valence-electron chi connectivity index (χ4n) is 7.73. The van der Waals surface area contributed by atoms with Crippen molar-refractivity contribution < 1.29 is 29.0 Å². The molecule has 19 heteroatoms. The van der Waals surface area contributed by atoms with Gasteiger partial charge in [0.25, 0.3) is 5.56 Å². The first-order valence-corrected chi connectivity index (χ1v) is 17.3. The minimum absolute atomic E-state index is 0.0471. The summed E-state index contributed by atoms with van der Waals surface area (Å²) in [7, 11) is 3.75. The van der Waals surface area contributed by atoms with Gasteiger partial charge in [0.15, 0.2) is 0 Å². The van der Waals surface area contributed by atoms with Gasteiger partial charge in [0.05, 0.1) is 29.0 Å². The van der Waals surface area contributed by atoms with E-state index in [1.807, 2.05) is 25.1 Å². The number of hydrogen-bond donors (Lipinski definition) is 1. The van der Waals surface area contributed by atoms with Crippen LogP contribution in [0.4, 0.5) is 22.7 Å². The van der Waals surface area contributed by atoms with E-state index in [9.17, 15) is 39.1 Å². The lowest BCUT2D eigenvalue weighted by molar-refractivity contribution is -0.191. The molecule has 0 spiro atoms. The molecule has 1 aliphatic carbocycles. The molecule has 3 aliphatic rings. The summed E-state index contributed by atoms with van der Waals surface area (Å²) < 4.78 is 12.8. The summed E-state index contributed by atoms with van der Waals surface area (Å²) >= 11 is 0. The largest absolute Gasteiger partial charge is 0.508 e. The summed E-state index contributed by atoms with van der Waals surface area (Å²) in [5, 5.41) is 27.0. The van der Waals surface area contributed by atoms with Crippen LogP contribution in [0.2, 0.25) is 0 Å². The lowest BCUT2D eigenvalue weighted by Gasteiger charge is -2.35. The van der Waals surface area contributed by atoms with E-state index in [0.29, 0.717) is 34.6 Å². The number of nitroso groups, excluding NO2 is 4. The molecule has 0 radical (unpaired) electrons. The molecule has 0 bridgehead atoms. The van der Waals surface area contributed by atoms with Crippen LogP contribution in [0.3, 0.4) is 0 Å². The molecule has 3 aromatic carbocycles. The zero-order valence-electron chi connectivity index (χ0n) is 30.3. The van der Waals surface area contributed by atoms with Gasteiger partial charge in [0, 0.05) is 50.9 Å². The van der Waals surface area contributed by atoms with Gasteiger partial charge in [0.1, 0.15) is 40.8 Å². The average molecular weight is 773 g/mol. The lowest BCUT2D eigenvalue weighted by Crippen LogP contribution is -2.48. The Balaban J connectivity index is 1.14. The second kappa shape index (κ2) is 13.7. The fraction of sp³-hybridized carbons (Fsp3) is 0.237. The monoisotopic (exact) mass is 772 g/mol. The van der Waals surface area contributed by atoms with Crippen LogP contribution < -0.4 is 5.56 Å². The first-order chi connectivity index (χ1) is 27.5. The van der Waals surface area contributed by atoms with Crippen LogP contribution in [0.15, 0.2) is 79.2 Å². The summed E-state index contributed by atoms with van der Waals surface area (Å²) in [5.41, 5.74) is -0.423. The number of aromatic nitrogens is 2. The zero-order valence-corrected chi connectivity index (χ0v) is 30.3. The van der Waals surface area contributed by atoms with Gasteiger partial charge in [-0.05, 0) is 89.8 Å². The number of pyridine rings is 2. The fourth-order valence-corrected chi connectivity index (χ4v) is 7.73. The Bertz CT molecular complexity index is 2690. The molecule has 19 nitrogen and oxygen atoms in total. The van der Waals surface area contributed by atoms with E-state index in [1.165, 1.54) is 16.7 Å². The van der Waals surface area contributed by atoms with E-state index >= 15 is 0 Å². The predicted molar refractivity (Wildman–Crippen MR) is 203 cm³/mol. The molecule has 1 N–H and O–H groups in total. The summed E-state index contributed by atoms with van der Waals surface area (Å²) in [6, 6.07) is 11.4. The van der Waals surface area contributed by atoms with Gasteiger partial charge in [-0.1, -0.05) is 12.1 Å². The van der Waals surface area contributed by atoms with Crippen LogP contribution >= 0.6 is 0 Å². The van der Waals surface area contributed by atoms with Crippen molar-refractivity contribution in [1.29, 1.82) is 0 Å². The van der Waals surface area contributed by atoms with Crippen molar-refractivity contribution in [3.05, 3.63) is 112 Å². The molecule has 0 saturated carbocycles. The van der Waals surface area contributed by atoms with E-state index < -0.39 is 29.7 Å². The third-order valence-electron chi connectivity index (χ3n) is 10.2. The molecule has 8 rings (SSSR count). The van der Waals surface area contributed by atoms with Gasteiger partial charge >= 0.3 is 11.9 Å². The van der Waals surface area contributed by atoms with Crippen LogP contribution in [0.5, 0.6) is 5.75 Å². The predicted octanol–water partition coefficient (Wildman–Crippen LogP) is 6.44. The van der Waals surface area contributed by atoms with E-state index in [-0.39, 0.29) is 87.2 Å². The van der Waals surface area contributed by atoms with Gasteiger partial charge in [-0.25, -0.2) is 14.6 Å². The van der Waals surface area contributed by atoms with Crippen LogP contribution in [-0.2, 0) is 49.2 Å². The van der Waals surface area contributed by atoms with Crippen molar-refractivity contribution >= 4 is 51.3 Å². The van der Waals surface area contributed by atoms with E-state index in [0.717, 1.165) is 17.5 Å². The summed E-state index contributed by atoms with van der Waals surface area (Å²) in [6.45, 7) is 0.908. The maximum atomic E-state index is 14.0. The second-order valence-electron chi connectivity index (χ2n) is 13.8. The molecule has 0 unspecified atom stereocenters. The van der Waals surface area contributed by atoms with Crippen molar-refractivity contribution in [3.8, 4) is 28.3 Å². The number of rotatable bonds is 11. The first-order valence-electron chi connectivity index (χ1n) is 17.3. The highest BCUT2D eigenvalue weighted by Crippen LogP contribution is 2.51. The number of hydrogen-bond acceptors (Lipinski definition) is 18. The SMILES string of the molecule is CC[C@@]1(OC(=O)CON=C2c3cc(N=O)cc(N=O)c3-c3c(N=O)cc(N=O)cc32)C(=O)OCc2c1cc1n(c2=O)Cc2cc3c(CN(C)C)c(O)ccc3nc2-1. The number of nitrogens with zero attached hydrogens (tertiary/aromatic N) is 8. The Kier molecular flexibility index (Phi) is 8.79. The van der Waals surface area contributed by atoms with Crippen LogP contribution in [0, 0.1) is 19.6 Å². The molecular formula is C38H28N8O11. The molecule has 2 aliphatic heterocycles. The third kappa shape index (κ3) is 5.65. The van der Waals surface area contributed by atoms with Crippen LogP contribution in [0.1, 0.15) is 46.7 Å². The van der Waals surface area contributed by atoms with Crippen molar-refractivity contribution in [2.45, 2.75) is 38.6 Å². The van der Waals surface area contributed by atoms with E-state index in [4.69, 9.17) is 19.3 Å². The van der Waals surface area contributed by atoms with Crippen LogP contribution in [0.25, 0.3) is 33.4 Å². The van der Waals surface area contributed by atoms with E-state index in [1.54, 1.807) is 25.1 Å². The van der Waals surface area contributed by atoms with Gasteiger partial charge in [-0.15, -0.1) is 19.6 Å². The molecule has 2 aromatic heterocycles. The van der Waals surface area contributed by atoms with Crippen molar-refractivity contribution in [1.82, 2.24) is 14.5 Å². The Morgan fingerprint density at radius 1 is 0.947 bits per heavy atom. The number of carbonyl (C=O) groups excluding carboxylic acids is 2. The number of carbonyl (C=O) groups is 2. The number of oxime groups is 1. The Morgan fingerprint density at radius 3 is 2.21 bits per heavy atom. The zero-order chi connectivity index (χ0) is 40.3. The first kappa shape index (κ1) is 36.6. The minimum atomic E-state index is -2.07. The number of phenols is 1. The Morgan fingerprint density at radius 2 is 1.61 bits per heavy atom. The molecule has 0 saturated heterocycles. The van der Waals surface area contributed by atoms with Crippen LogP contribution in [-0.4, -0.2) is 57.9 Å². The van der Waals surface area contributed by atoms with Crippen molar-refractivity contribution in [2.75, 3.05) is 20.7 Å². The summed E-state index contributed by atoms with van der Waals surface area (Å²) in [5.74, 6) is -1.90. The number of ether oxygens (including phenoxy) is 2. The smallest absolute Gasteiger partial charge is 0.355 e. The number of fused-ring (bicyclic) bond motifs is 8. The molecule has 0 fully saturated rings. The standard InChI is InChI=1S/C38H28N8O11/c1-4-38(57-31(48)16-56-44-35-21-8-18(40-51)10-27(42-53)32(21)33-22(35)9-19(41-52)11-28(33)43-54)25-12-29-34-17(13-46(29)36(49)24(25)15-55-37(38)50)7-20-23(14-45(2)3)30(47)6-5-26(20)39-34/h5-12,47H,4,13-16H2,1-3H3/t38-/m0/s1. The number of phenolic OH excluding ortho intramolecular Hbond substituents is 1. The molecule has 57 heavy (non-hydrogen) atoms. The second-order valence-corrected chi connectivity index (χ2v) is 13.8. The number of aromatic hydroxyl groups is 1. The van der Waals surface area contributed by atoms with Gasteiger partial charge < -0.3 is 28.9 Å². The Hall–Kier alpha value is -7.41. The maximum absolute atomic E-state index is 14.0. The van der Waals surface area contributed by atoms with Crippen molar-refractivity contribution in [2.24, 2.45) is 25.9 Å². The van der Waals surface area contributed by atoms with Gasteiger partial charge in [0.2, 0.25) is 12.2 Å². The molecule has 286 valence electrons. The van der Waals surface area contributed by atoms with Crippen molar-refractivity contribution in [3.63, 3.8) is 0 Å². The lowest BCUT2D eigenvalue weighted by atomic mass is 9.85. The number of benzene rings is 3. The topological polar surface area (TPSA) is 250 Å². The average Bonchev–Trinajstić information content (AvgIpc) is 3.73. The third-order valence-corrected chi connectivity index (χ3v) is 10.2. The van der Waals surface area contributed by atoms with Gasteiger partial charge in [-0.2, -0.15) is 0 Å². The van der Waals surface area contributed by atoms with E-state index in [2.05, 4.69) is 25.9 Å². The maximum Gasteiger partial charge on any atom is 0.355 e. The molecule has 0 amide bonds. The quantitative estimate of drug-likeness (QED) is 0.0845. The molecule has 5 aromatic rings. The summed E-state index contributed by atoms with van der Waals surface area (Å²) in [4.78, 5) is 99.9. The molecule has 1 atom stereocenters. The summed E-state index contributed by atoms with van der Waals surface area (Å²) in [6.07, 6.45) is -0.139. The number of cyclic esters (lactones) is 1. The highest BCUT2D eigenvalue weighted by molar-refractivity contribution is 6.28. The Labute approximate surface area is 319 Å². The number of esters is 2. The normalized spacial score (nSPS) is 15.9. The highest BCUT2D eigenvalue weighted by Gasteiger charge is 2.50.